The normalized spacial score (nSPS) is 9.20. The molecule has 0 aliphatic carbocycles. The second kappa shape index (κ2) is 2.79. The largest absolute Gasteiger partial charge is 0.197 e. The number of hydrogen-bond donors (Lipinski definition) is 1. The first kappa shape index (κ1) is 7.21. The van der Waals surface area contributed by atoms with E-state index >= 15 is 0 Å². The molecule has 1 aromatic carbocycles. The van der Waals surface area contributed by atoms with Gasteiger partial charge in [-0.25, -0.2) is 0 Å². The van der Waals surface area contributed by atoms with E-state index < -0.39 is 0 Å². The van der Waals surface area contributed by atoms with Crippen LogP contribution in [-0.2, 0) is 0 Å². The molecule has 0 radical (unpaired) electrons. The first-order valence-electron chi connectivity index (χ1n) is 2.72. The smallest absolute Gasteiger partial charge is 0.112 e. The first-order valence-corrected chi connectivity index (χ1v) is 2.72. The van der Waals surface area contributed by atoms with E-state index in [9.17, 15) is 0 Å². The zero-order valence-corrected chi connectivity index (χ0v) is 6.83. The highest BCUT2D eigenvalue weighted by Gasteiger charge is 1.90. The predicted octanol–water partition coefficient (Wildman–Crippen LogP) is 1.54. The van der Waals surface area contributed by atoms with E-state index in [2.05, 4.69) is 15.4 Å². The van der Waals surface area contributed by atoms with Gasteiger partial charge in [0.1, 0.15) is 11.0 Å². The summed E-state index contributed by atoms with van der Waals surface area (Å²) in [5.41, 5.74) is 1.83. The van der Waals surface area contributed by atoms with Crippen LogP contribution in [0.2, 0.25) is 0 Å². The Bertz CT molecular complexity index is 287. The Kier molecular flexibility index (Phi) is 2.01. The summed E-state index contributed by atoms with van der Waals surface area (Å²) in [6, 6.07) is 7.70. The molecule has 4 heteroatoms. The van der Waals surface area contributed by atoms with Gasteiger partial charge in [-0.3, -0.25) is 0 Å². The van der Waals surface area contributed by atoms with Crippen molar-refractivity contribution in [1.82, 2.24) is 15.4 Å². The Hall–Kier alpha value is -0.900. The van der Waals surface area contributed by atoms with Crippen LogP contribution >= 0.6 is 17.0 Å². The Balaban J connectivity index is 0.000000500. The molecule has 0 atom stereocenters. The fourth-order valence-corrected chi connectivity index (χ4v) is 0.786. The standard InChI is InChI=1S/C6H5N3.BrH/c1-2-4-6-5(3-1)7-9-8-6;/h1-4H,(H,7,8,9);1H. The number of H-pyrrole nitrogens is 1. The molecule has 0 fully saturated rings. The molecule has 0 aliphatic heterocycles. The van der Waals surface area contributed by atoms with Crippen molar-refractivity contribution in [2.24, 2.45) is 0 Å². The third-order valence-electron chi connectivity index (χ3n) is 1.22. The van der Waals surface area contributed by atoms with Gasteiger partial charge in [0.2, 0.25) is 0 Å². The van der Waals surface area contributed by atoms with Crippen LogP contribution in [0.1, 0.15) is 0 Å². The number of benzene rings is 1. The summed E-state index contributed by atoms with van der Waals surface area (Å²) in [5.74, 6) is 0. The molecule has 52 valence electrons. The number of nitrogens with zero attached hydrogens (tertiary/aromatic N) is 2. The second-order valence-electron chi connectivity index (χ2n) is 1.81. The van der Waals surface area contributed by atoms with Crippen LogP contribution in [-0.4, -0.2) is 15.4 Å². The molecule has 1 aromatic heterocycles. The molecular weight excluding hydrogens is 194 g/mol. The van der Waals surface area contributed by atoms with Gasteiger partial charge in [-0.2, -0.15) is 15.4 Å². The van der Waals surface area contributed by atoms with Crippen molar-refractivity contribution in [1.29, 1.82) is 0 Å². The number of rotatable bonds is 0. The molecule has 0 saturated heterocycles. The maximum Gasteiger partial charge on any atom is 0.112 e. The molecule has 0 spiro atoms. The summed E-state index contributed by atoms with van der Waals surface area (Å²) in [6.07, 6.45) is 0. The lowest BCUT2D eigenvalue weighted by molar-refractivity contribution is 0.959. The zero-order valence-electron chi connectivity index (χ0n) is 5.11. The van der Waals surface area contributed by atoms with Crippen LogP contribution in [0, 0.1) is 0 Å². The molecule has 0 aliphatic rings. The van der Waals surface area contributed by atoms with Crippen LogP contribution in [0.15, 0.2) is 24.3 Å². The van der Waals surface area contributed by atoms with Gasteiger partial charge in [0.15, 0.2) is 0 Å². The van der Waals surface area contributed by atoms with E-state index in [0.29, 0.717) is 0 Å². The van der Waals surface area contributed by atoms with Crippen LogP contribution in [0.5, 0.6) is 0 Å². The van der Waals surface area contributed by atoms with E-state index in [1.54, 1.807) is 0 Å². The Morgan fingerprint density at radius 1 is 1.00 bits per heavy atom. The minimum absolute atomic E-state index is 0. The number of nitrogens with one attached hydrogen (secondary N) is 1. The molecule has 2 aromatic rings. The van der Waals surface area contributed by atoms with Crippen molar-refractivity contribution in [3.05, 3.63) is 24.3 Å². The van der Waals surface area contributed by atoms with Crippen molar-refractivity contribution in [3.63, 3.8) is 0 Å². The van der Waals surface area contributed by atoms with Crippen molar-refractivity contribution in [2.45, 2.75) is 0 Å². The lowest BCUT2D eigenvalue weighted by Gasteiger charge is -1.78. The molecule has 0 bridgehead atoms. The van der Waals surface area contributed by atoms with Crippen molar-refractivity contribution >= 4 is 28.0 Å². The molecule has 2 rings (SSSR count). The number of aromatic nitrogens is 3. The molecule has 3 nitrogen and oxygen atoms in total. The minimum Gasteiger partial charge on any atom is -0.197 e. The van der Waals surface area contributed by atoms with Crippen molar-refractivity contribution < 1.29 is 0 Å². The number of aromatic amines is 1. The molecule has 0 unspecified atom stereocenters. The van der Waals surface area contributed by atoms with E-state index in [1.165, 1.54) is 0 Å². The summed E-state index contributed by atoms with van der Waals surface area (Å²) in [4.78, 5) is 0. The van der Waals surface area contributed by atoms with Gasteiger partial charge < -0.3 is 0 Å². The van der Waals surface area contributed by atoms with Crippen LogP contribution < -0.4 is 0 Å². The topological polar surface area (TPSA) is 41.6 Å². The Morgan fingerprint density at radius 3 is 2.00 bits per heavy atom. The minimum atomic E-state index is 0. The lowest BCUT2D eigenvalue weighted by Crippen LogP contribution is -1.63. The molecule has 1 heterocycles. The summed E-state index contributed by atoms with van der Waals surface area (Å²) < 4.78 is 0. The summed E-state index contributed by atoms with van der Waals surface area (Å²) >= 11 is 0. The van der Waals surface area contributed by atoms with Crippen LogP contribution in [0.4, 0.5) is 0 Å². The van der Waals surface area contributed by atoms with Gasteiger partial charge in [-0.15, -0.1) is 17.0 Å². The van der Waals surface area contributed by atoms with Gasteiger partial charge in [-0.05, 0) is 12.1 Å². The first-order chi connectivity index (χ1) is 4.47. The zero-order chi connectivity index (χ0) is 6.10. The molecule has 1 N–H and O–H groups in total. The van der Waals surface area contributed by atoms with E-state index in [1.807, 2.05) is 24.3 Å². The highest BCUT2D eigenvalue weighted by molar-refractivity contribution is 8.93. The fourth-order valence-electron chi connectivity index (χ4n) is 0.786. The third-order valence-corrected chi connectivity index (χ3v) is 1.22. The molecule has 0 amide bonds. The summed E-state index contributed by atoms with van der Waals surface area (Å²) in [7, 11) is 0. The Morgan fingerprint density at radius 2 is 1.50 bits per heavy atom. The number of halogens is 1. The van der Waals surface area contributed by atoms with Gasteiger partial charge in [-0.1, -0.05) is 12.1 Å². The van der Waals surface area contributed by atoms with Crippen LogP contribution in [0.3, 0.4) is 0 Å². The maximum absolute atomic E-state index is 3.88. The van der Waals surface area contributed by atoms with Crippen LogP contribution in [0.25, 0.3) is 11.0 Å². The average Bonchev–Trinajstić information content (AvgIpc) is 2.33. The number of fused-ring (bicyclic) bond motifs is 1. The third kappa shape index (κ3) is 1.02. The van der Waals surface area contributed by atoms with E-state index in [0.717, 1.165) is 11.0 Å². The lowest BCUT2D eigenvalue weighted by atomic mass is 10.3. The summed E-state index contributed by atoms with van der Waals surface area (Å²) in [6.45, 7) is 0. The highest BCUT2D eigenvalue weighted by Crippen LogP contribution is 2.03. The predicted molar refractivity (Wildman–Crippen MR) is 44.2 cm³/mol. The average molecular weight is 200 g/mol. The van der Waals surface area contributed by atoms with Gasteiger partial charge in [0.05, 0.1) is 0 Å². The molecular formula is C6H6BrN3. The highest BCUT2D eigenvalue weighted by atomic mass is 79.9. The van der Waals surface area contributed by atoms with Crippen molar-refractivity contribution in [2.75, 3.05) is 0 Å². The monoisotopic (exact) mass is 199 g/mol. The van der Waals surface area contributed by atoms with E-state index in [-0.39, 0.29) is 17.0 Å². The fraction of sp³-hybridized carbons (Fsp3) is 0. The van der Waals surface area contributed by atoms with Gasteiger partial charge in [0, 0.05) is 0 Å². The van der Waals surface area contributed by atoms with Gasteiger partial charge >= 0.3 is 0 Å². The quantitative estimate of drug-likeness (QED) is 0.700. The molecule has 10 heavy (non-hydrogen) atoms. The Labute approximate surface area is 68.2 Å². The maximum atomic E-state index is 3.88. The van der Waals surface area contributed by atoms with E-state index in [4.69, 9.17) is 0 Å². The number of hydrogen-bond acceptors (Lipinski definition) is 2. The molecule has 0 saturated carbocycles. The number of para-hydroxylation sites is 2. The van der Waals surface area contributed by atoms with Gasteiger partial charge in [0.25, 0.3) is 0 Å². The summed E-state index contributed by atoms with van der Waals surface area (Å²) in [5, 5.41) is 10.3. The van der Waals surface area contributed by atoms with Crippen molar-refractivity contribution in [3.8, 4) is 0 Å². The second-order valence-corrected chi connectivity index (χ2v) is 1.81. The SMILES string of the molecule is Br.c1ccc2n[nH]nc2c1.